The molecule has 18 heavy (non-hydrogen) atoms. The molecule has 0 radical (unpaired) electrons. The van der Waals surface area contributed by atoms with Crippen LogP contribution in [0.5, 0.6) is 0 Å². The van der Waals surface area contributed by atoms with Crippen molar-refractivity contribution in [2.75, 3.05) is 7.05 Å². The lowest BCUT2D eigenvalue weighted by molar-refractivity contribution is 0.460. The molecule has 0 bridgehead atoms. The first-order chi connectivity index (χ1) is 8.54. The van der Waals surface area contributed by atoms with Crippen LogP contribution in [0.3, 0.4) is 0 Å². The Kier molecular flexibility index (Phi) is 4.23. The summed E-state index contributed by atoms with van der Waals surface area (Å²) >= 11 is 0. The number of rotatable bonds is 3. The SMILES string of the molecule is CNC1CCC(S(=O)c2cc(C)ccc2C)C1C. The fourth-order valence-electron chi connectivity index (χ4n) is 2.93. The lowest BCUT2D eigenvalue weighted by Crippen LogP contribution is -2.32. The van der Waals surface area contributed by atoms with Crippen LogP contribution in [0.2, 0.25) is 0 Å². The fourth-order valence-corrected chi connectivity index (χ4v) is 4.87. The van der Waals surface area contributed by atoms with E-state index in [9.17, 15) is 4.21 Å². The van der Waals surface area contributed by atoms with Gasteiger partial charge in [-0.25, -0.2) is 0 Å². The highest BCUT2D eigenvalue weighted by Crippen LogP contribution is 2.33. The van der Waals surface area contributed by atoms with E-state index in [1.54, 1.807) is 0 Å². The first-order valence-corrected chi connectivity index (χ1v) is 7.91. The molecule has 1 N–H and O–H groups in total. The van der Waals surface area contributed by atoms with Crippen molar-refractivity contribution in [2.24, 2.45) is 5.92 Å². The van der Waals surface area contributed by atoms with Gasteiger partial charge in [0, 0.05) is 16.2 Å². The van der Waals surface area contributed by atoms with E-state index < -0.39 is 10.8 Å². The maximum absolute atomic E-state index is 12.8. The highest BCUT2D eigenvalue weighted by Gasteiger charge is 2.36. The average Bonchev–Trinajstić information content (AvgIpc) is 2.72. The largest absolute Gasteiger partial charge is 0.317 e. The van der Waals surface area contributed by atoms with Crippen LogP contribution in [-0.2, 0) is 10.8 Å². The zero-order valence-electron chi connectivity index (χ0n) is 11.7. The van der Waals surface area contributed by atoms with Crippen molar-refractivity contribution in [3.8, 4) is 0 Å². The van der Waals surface area contributed by atoms with Gasteiger partial charge in [0.25, 0.3) is 0 Å². The summed E-state index contributed by atoms with van der Waals surface area (Å²) in [6.07, 6.45) is 2.20. The predicted molar refractivity (Wildman–Crippen MR) is 77.4 cm³/mol. The van der Waals surface area contributed by atoms with Gasteiger partial charge in [-0.15, -0.1) is 0 Å². The van der Waals surface area contributed by atoms with Crippen LogP contribution >= 0.6 is 0 Å². The summed E-state index contributed by atoms with van der Waals surface area (Å²) in [5, 5.41) is 3.64. The molecule has 1 saturated carbocycles. The minimum atomic E-state index is -0.873. The summed E-state index contributed by atoms with van der Waals surface area (Å²) < 4.78 is 12.8. The molecule has 0 aliphatic heterocycles. The smallest absolute Gasteiger partial charge is 0.0566 e. The molecule has 2 nitrogen and oxygen atoms in total. The Balaban J connectivity index is 2.24. The third-order valence-electron chi connectivity index (χ3n) is 4.19. The summed E-state index contributed by atoms with van der Waals surface area (Å²) in [7, 11) is 1.13. The lowest BCUT2D eigenvalue weighted by Gasteiger charge is -2.20. The van der Waals surface area contributed by atoms with Crippen LogP contribution in [0.15, 0.2) is 23.1 Å². The third-order valence-corrected chi connectivity index (χ3v) is 6.28. The van der Waals surface area contributed by atoms with Gasteiger partial charge in [-0.3, -0.25) is 4.21 Å². The molecular weight excluding hydrogens is 242 g/mol. The summed E-state index contributed by atoms with van der Waals surface area (Å²) in [5.74, 6) is 0.482. The third kappa shape index (κ3) is 2.52. The molecule has 100 valence electrons. The Hall–Kier alpha value is -0.670. The molecule has 0 amide bonds. The quantitative estimate of drug-likeness (QED) is 0.910. The van der Waals surface area contributed by atoms with Crippen molar-refractivity contribution >= 4 is 10.8 Å². The van der Waals surface area contributed by atoms with E-state index in [2.05, 4.69) is 44.3 Å². The van der Waals surface area contributed by atoms with E-state index in [0.717, 1.165) is 23.3 Å². The number of hydrogen-bond acceptors (Lipinski definition) is 2. The molecule has 3 heteroatoms. The topological polar surface area (TPSA) is 29.1 Å². The number of hydrogen-bond donors (Lipinski definition) is 1. The van der Waals surface area contributed by atoms with Crippen molar-refractivity contribution < 1.29 is 4.21 Å². The van der Waals surface area contributed by atoms with E-state index >= 15 is 0 Å². The predicted octanol–water partition coefficient (Wildman–Crippen LogP) is 2.80. The second-order valence-corrected chi connectivity index (χ2v) is 7.08. The van der Waals surface area contributed by atoms with Crippen LogP contribution in [0.1, 0.15) is 30.9 Å². The molecule has 2 rings (SSSR count). The van der Waals surface area contributed by atoms with Crippen LogP contribution in [0, 0.1) is 19.8 Å². The number of benzene rings is 1. The summed E-state index contributed by atoms with van der Waals surface area (Å²) in [6, 6.07) is 6.77. The van der Waals surface area contributed by atoms with Crippen LogP contribution in [0.25, 0.3) is 0 Å². The van der Waals surface area contributed by atoms with Gasteiger partial charge in [0.1, 0.15) is 0 Å². The van der Waals surface area contributed by atoms with Crippen molar-refractivity contribution in [1.82, 2.24) is 5.32 Å². The van der Waals surface area contributed by atoms with E-state index in [0.29, 0.717) is 17.2 Å². The molecule has 1 aliphatic rings. The maximum atomic E-state index is 12.8. The van der Waals surface area contributed by atoms with E-state index in [1.165, 1.54) is 5.56 Å². The number of aryl methyl sites for hydroxylation is 2. The van der Waals surface area contributed by atoms with Crippen LogP contribution in [0.4, 0.5) is 0 Å². The normalized spacial score (nSPS) is 29.4. The van der Waals surface area contributed by atoms with Gasteiger partial charge in [-0.1, -0.05) is 19.1 Å². The summed E-state index contributed by atoms with van der Waals surface area (Å²) in [4.78, 5) is 1.03. The first-order valence-electron chi connectivity index (χ1n) is 6.69. The molecule has 0 spiro atoms. The minimum Gasteiger partial charge on any atom is -0.317 e. The van der Waals surface area contributed by atoms with E-state index in [1.807, 2.05) is 7.05 Å². The van der Waals surface area contributed by atoms with Gasteiger partial charge in [0.2, 0.25) is 0 Å². The minimum absolute atomic E-state index is 0.294. The molecule has 4 atom stereocenters. The molecule has 0 saturated heterocycles. The van der Waals surface area contributed by atoms with Crippen LogP contribution < -0.4 is 5.32 Å². The zero-order valence-corrected chi connectivity index (χ0v) is 12.5. The lowest BCUT2D eigenvalue weighted by atomic mass is 10.1. The Bertz CT molecular complexity index is 458. The van der Waals surface area contributed by atoms with Crippen molar-refractivity contribution in [1.29, 1.82) is 0 Å². The zero-order chi connectivity index (χ0) is 13.3. The number of nitrogens with one attached hydrogen (secondary N) is 1. The molecule has 1 aliphatic carbocycles. The second kappa shape index (κ2) is 5.54. The van der Waals surface area contributed by atoms with Gasteiger partial charge >= 0.3 is 0 Å². The molecular formula is C15H23NOS. The Morgan fingerprint density at radius 2 is 2.00 bits per heavy atom. The highest BCUT2D eigenvalue weighted by atomic mass is 32.2. The molecule has 0 heterocycles. The monoisotopic (exact) mass is 265 g/mol. The van der Waals surface area contributed by atoms with Gasteiger partial charge in [0.15, 0.2) is 0 Å². The average molecular weight is 265 g/mol. The molecule has 4 unspecified atom stereocenters. The van der Waals surface area contributed by atoms with Crippen molar-refractivity contribution in [2.45, 2.75) is 49.8 Å². The van der Waals surface area contributed by atoms with Gasteiger partial charge < -0.3 is 5.32 Å². The molecule has 1 fully saturated rings. The Labute approximate surface area is 113 Å². The molecule has 1 aromatic carbocycles. The highest BCUT2D eigenvalue weighted by molar-refractivity contribution is 7.85. The summed E-state index contributed by atoms with van der Waals surface area (Å²) in [6.45, 7) is 6.35. The van der Waals surface area contributed by atoms with Crippen molar-refractivity contribution in [3.05, 3.63) is 29.3 Å². The fraction of sp³-hybridized carbons (Fsp3) is 0.600. The van der Waals surface area contributed by atoms with E-state index in [-0.39, 0.29) is 0 Å². The Morgan fingerprint density at radius 1 is 1.28 bits per heavy atom. The van der Waals surface area contributed by atoms with E-state index in [4.69, 9.17) is 0 Å². The second-order valence-electron chi connectivity index (χ2n) is 5.44. The Morgan fingerprint density at radius 3 is 2.61 bits per heavy atom. The molecule has 1 aromatic rings. The van der Waals surface area contributed by atoms with Gasteiger partial charge in [-0.2, -0.15) is 0 Å². The van der Waals surface area contributed by atoms with Gasteiger partial charge in [-0.05, 0) is 56.8 Å². The first kappa shape index (κ1) is 13.8. The standard InChI is InChI=1S/C15H23NOS/c1-10-5-6-11(2)15(9-10)18(17)14-8-7-13(16-4)12(14)3/h5-6,9,12-14,16H,7-8H2,1-4H3. The van der Waals surface area contributed by atoms with Crippen molar-refractivity contribution in [3.63, 3.8) is 0 Å². The molecule has 0 aromatic heterocycles. The van der Waals surface area contributed by atoms with Gasteiger partial charge in [0.05, 0.1) is 10.8 Å². The maximum Gasteiger partial charge on any atom is 0.0566 e. The summed E-state index contributed by atoms with van der Waals surface area (Å²) in [5.41, 5.74) is 2.35. The van der Waals surface area contributed by atoms with Crippen LogP contribution in [-0.4, -0.2) is 22.5 Å².